The number of ether oxygens (including phenoxy) is 1. The van der Waals surface area contributed by atoms with Crippen molar-refractivity contribution in [3.05, 3.63) is 0 Å². The minimum Gasteiger partial charge on any atom is -0.394 e. The smallest absolute Gasteiger partial charge is 0.181 e. The van der Waals surface area contributed by atoms with Crippen molar-refractivity contribution in [2.24, 2.45) is 0 Å². The van der Waals surface area contributed by atoms with Gasteiger partial charge in [-0.05, 0) is 6.92 Å². The lowest BCUT2D eigenvalue weighted by atomic mass is 9.94. The largest absolute Gasteiger partial charge is 0.394 e. The molecule has 1 aliphatic heterocycles. The first kappa shape index (κ1) is 9.49. The summed E-state index contributed by atoms with van der Waals surface area (Å²) < 4.78 is 4.93. The zero-order chi connectivity index (χ0) is 9.19. The SMILES string of the molecule is CC#CC1(O)C(O)COC1CO. The highest BCUT2D eigenvalue weighted by Gasteiger charge is 2.48. The summed E-state index contributed by atoms with van der Waals surface area (Å²) in [6.45, 7) is 1.22. The molecule has 12 heavy (non-hydrogen) atoms. The van der Waals surface area contributed by atoms with Crippen molar-refractivity contribution in [2.75, 3.05) is 13.2 Å². The van der Waals surface area contributed by atoms with Gasteiger partial charge in [-0.2, -0.15) is 0 Å². The Morgan fingerprint density at radius 2 is 2.33 bits per heavy atom. The van der Waals surface area contributed by atoms with E-state index < -0.39 is 17.8 Å². The summed E-state index contributed by atoms with van der Waals surface area (Å²) in [5, 5.41) is 27.8. The summed E-state index contributed by atoms with van der Waals surface area (Å²) in [5.74, 6) is 4.94. The Hall–Kier alpha value is -0.600. The van der Waals surface area contributed by atoms with Crippen LogP contribution in [0.15, 0.2) is 0 Å². The molecule has 0 radical (unpaired) electrons. The second kappa shape index (κ2) is 3.42. The van der Waals surface area contributed by atoms with Gasteiger partial charge in [0, 0.05) is 0 Å². The monoisotopic (exact) mass is 172 g/mol. The fourth-order valence-corrected chi connectivity index (χ4v) is 1.23. The molecule has 1 heterocycles. The van der Waals surface area contributed by atoms with Gasteiger partial charge in [0.2, 0.25) is 0 Å². The van der Waals surface area contributed by atoms with Crippen LogP contribution < -0.4 is 0 Å². The predicted molar refractivity (Wildman–Crippen MR) is 41.2 cm³/mol. The van der Waals surface area contributed by atoms with Gasteiger partial charge < -0.3 is 20.1 Å². The van der Waals surface area contributed by atoms with Crippen LogP contribution in [0.2, 0.25) is 0 Å². The van der Waals surface area contributed by atoms with E-state index in [9.17, 15) is 10.2 Å². The summed E-state index contributed by atoms with van der Waals surface area (Å²) in [6, 6.07) is 0. The van der Waals surface area contributed by atoms with Crippen LogP contribution >= 0.6 is 0 Å². The molecule has 68 valence electrons. The summed E-state index contributed by atoms with van der Waals surface area (Å²) >= 11 is 0. The van der Waals surface area contributed by atoms with Crippen LogP contribution in [-0.4, -0.2) is 46.3 Å². The molecule has 0 amide bonds. The van der Waals surface area contributed by atoms with Crippen LogP contribution in [-0.2, 0) is 4.74 Å². The minimum absolute atomic E-state index is 0.0103. The number of aliphatic hydroxyl groups is 3. The Bertz CT molecular complexity index is 217. The van der Waals surface area contributed by atoms with Gasteiger partial charge in [0.05, 0.1) is 13.2 Å². The first-order valence-corrected chi connectivity index (χ1v) is 3.72. The molecule has 1 rings (SSSR count). The molecule has 0 aromatic heterocycles. The van der Waals surface area contributed by atoms with Gasteiger partial charge in [0.15, 0.2) is 5.60 Å². The molecule has 4 nitrogen and oxygen atoms in total. The van der Waals surface area contributed by atoms with E-state index in [1.165, 1.54) is 0 Å². The molecular weight excluding hydrogens is 160 g/mol. The topological polar surface area (TPSA) is 69.9 Å². The second-order valence-electron chi connectivity index (χ2n) is 2.72. The van der Waals surface area contributed by atoms with Crippen LogP contribution in [0.4, 0.5) is 0 Å². The van der Waals surface area contributed by atoms with Gasteiger partial charge in [-0.1, -0.05) is 5.92 Å². The standard InChI is InChI=1S/C8H12O4/c1-2-3-8(11)6(10)5-12-7(8)4-9/h6-7,9-11H,4-5H2,1H3. The van der Waals surface area contributed by atoms with Crippen molar-refractivity contribution < 1.29 is 20.1 Å². The van der Waals surface area contributed by atoms with Crippen LogP contribution in [0.25, 0.3) is 0 Å². The maximum Gasteiger partial charge on any atom is 0.181 e. The summed E-state index contributed by atoms with van der Waals surface area (Å²) in [7, 11) is 0. The third-order valence-corrected chi connectivity index (χ3v) is 1.95. The highest BCUT2D eigenvalue weighted by atomic mass is 16.5. The molecule has 0 saturated carbocycles. The maximum absolute atomic E-state index is 9.71. The Morgan fingerprint density at radius 3 is 2.83 bits per heavy atom. The third-order valence-electron chi connectivity index (χ3n) is 1.95. The second-order valence-corrected chi connectivity index (χ2v) is 2.72. The van der Waals surface area contributed by atoms with E-state index in [1.807, 2.05) is 0 Å². The summed E-state index contributed by atoms with van der Waals surface area (Å²) in [6.07, 6.45) is -1.85. The van der Waals surface area contributed by atoms with Gasteiger partial charge in [-0.15, -0.1) is 5.92 Å². The Labute approximate surface area is 70.8 Å². The van der Waals surface area contributed by atoms with Crippen molar-refractivity contribution in [3.63, 3.8) is 0 Å². The lowest BCUT2D eigenvalue weighted by Gasteiger charge is -2.23. The van der Waals surface area contributed by atoms with Gasteiger partial charge in [0.1, 0.15) is 12.2 Å². The van der Waals surface area contributed by atoms with Crippen LogP contribution in [0.5, 0.6) is 0 Å². The highest BCUT2D eigenvalue weighted by Crippen LogP contribution is 2.25. The Kier molecular flexibility index (Phi) is 2.70. The van der Waals surface area contributed by atoms with Gasteiger partial charge in [-0.25, -0.2) is 0 Å². The molecule has 0 aromatic rings. The first-order valence-electron chi connectivity index (χ1n) is 3.72. The van der Waals surface area contributed by atoms with E-state index in [2.05, 4.69) is 11.8 Å². The average molecular weight is 172 g/mol. The van der Waals surface area contributed by atoms with Crippen molar-refractivity contribution in [3.8, 4) is 11.8 Å². The first-order chi connectivity index (χ1) is 5.65. The fourth-order valence-electron chi connectivity index (χ4n) is 1.23. The fraction of sp³-hybridized carbons (Fsp3) is 0.750. The van der Waals surface area contributed by atoms with E-state index in [0.717, 1.165) is 0 Å². The van der Waals surface area contributed by atoms with E-state index in [0.29, 0.717) is 0 Å². The molecule has 1 fully saturated rings. The molecule has 1 aliphatic rings. The van der Waals surface area contributed by atoms with Crippen molar-refractivity contribution in [1.29, 1.82) is 0 Å². The quantitative estimate of drug-likeness (QED) is 0.421. The Balaban J connectivity index is 2.85. The zero-order valence-electron chi connectivity index (χ0n) is 6.82. The molecule has 0 aromatic carbocycles. The molecule has 3 N–H and O–H groups in total. The van der Waals surface area contributed by atoms with Gasteiger partial charge in [0.25, 0.3) is 0 Å². The van der Waals surface area contributed by atoms with Crippen LogP contribution in [0, 0.1) is 11.8 Å². The number of hydrogen-bond acceptors (Lipinski definition) is 4. The average Bonchev–Trinajstić information content (AvgIpc) is 2.30. The third kappa shape index (κ3) is 1.32. The lowest BCUT2D eigenvalue weighted by Crippen LogP contribution is -2.47. The summed E-state index contributed by atoms with van der Waals surface area (Å²) in [4.78, 5) is 0. The van der Waals surface area contributed by atoms with E-state index in [4.69, 9.17) is 9.84 Å². The maximum atomic E-state index is 9.71. The van der Waals surface area contributed by atoms with Gasteiger partial charge in [-0.3, -0.25) is 0 Å². The molecule has 3 atom stereocenters. The molecule has 1 saturated heterocycles. The van der Waals surface area contributed by atoms with Crippen molar-refractivity contribution >= 4 is 0 Å². The minimum atomic E-state index is -1.61. The lowest BCUT2D eigenvalue weighted by molar-refractivity contribution is -0.0516. The summed E-state index contributed by atoms with van der Waals surface area (Å²) in [5.41, 5.74) is -1.61. The number of aliphatic hydroxyl groups excluding tert-OH is 2. The molecule has 0 bridgehead atoms. The molecular formula is C8H12O4. The molecule has 3 unspecified atom stereocenters. The van der Waals surface area contributed by atoms with Crippen molar-refractivity contribution in [2.45, 2.75) is 24.7 Å². The molecule has 0 spiro atoms. The van der Waals surface area contributed by atoms with Gasteiger partial charge >= 0.3 is 0 Å². The van der Waals surface area contributed by atoms with Crippen molar-refractivity contribution in [1.82, 2.24) is 0 Å². The normalized spacial score (nSPS) is 40.7. The number of rotatable bonds is 1. The highest BCUT2D eigenvalue weighted by molar-refractivity contribution is 5.21. The molecule has 0 aliphatic carbocycles. The van der Waals surface area contributed by atoms with E-state index in [1.54, 1.807) is 6.92 Å². The van der Waals surface area contributed by atoms with Crippen LogP contribution in [0.1, 0.15) is 6.92 Å². The number of hydrogen-bond donors (Lipinski definition) is 3. The van der Waals surface area contributed by atoms with E-state index >= 15 is 0 Å². The van der Waals surface area contributed by atoms with Crippen LogP contribution in [0.3, 0.4) is 0 Å². The van der Waals surface area contributed by atoms with E-state index in [-0.39, 0.29) is 13.2 Å². The zero-order valence-corrected chi connectivity index (χ0v) is 6.82. The molecule has 4 heteroatoms. The Morgan fingerprint density at radius 1 is 1.67 bits per heavy atom. The predicted octanol–water partition coefficient (Wildman–Crippen LogP) is -1.51.